The van der Waals surface area contributed by atoms with Gasteiger partial charge in [-0.05, 0) is 18.6 Å². The minimum atomic E-state index is -1.12. The Bertz CT molecular complexity index is 417. The number of hydrogen-bond acceptors (Lipinski definition) is 3. The number of carboxylic acid groups (broad SMARTS) is 1. The number of carboxylic acids is 1. The standard InChI is InChI=1S/C11H11NO2.Li/c1-11(10(13)14)7-6-8-4-2-3-5-9(8)12-11;/h2-7,12H,1H3,(H,13,14);/q;+1/p-1. The fraction of sp³-hybridized carbons (Fsp3) is 0.182. The number of anilines is 1. The Labute approximate surface area is 100 Å². The van der Waals surface area contributed by atoms with Crippen LogP contribution in [-0.4, -0.2) is 11.5 Å². The van der Waals surface area contributed by atoms with Gasteiger partial charge >= 0.3 is 18.9 Å². The van der Waals surface area contributed by atoms with E-state index in [4.69, 9.17) is 0 Å². The number of hydrogen-bond donors (Lipinski definition) is 1. The van der Waals surface area contributed by atoms with Gasteiger partial charge in [0.05, 0.1) is 11.5 Å². The van der Waals surface area contributed by atoms with E-state index < -0.39 is 11.5 Å². The number of benzene rings is 1. The molecule has 1 aliphatic rings. The molecule has 0 bridgehead atoms. The summed E-state index contributed by atoms with van der Waals surface area (Å²) in [7, 11) is 0. The van der Waals surface area contributed by atoms with Crippen LogP contribution in [0.2, 0.25) is 0 Å². The van der Waals surface area contributed by atoms with Crippen molar-refractivity contribution in [3.05, 3.63) is 35.9 Å². The zero-order valence-corrected chi connectivity index (χ0v) is 8.78. The number of para-hydroxylation sites is 1. The van der Waals surface area contributed by atoms with Crippen LogP contribution >= 0.6 is 0 Å². The first kappa shape index (κ1) is 11.9. The van der Waals surface area contributed by atoms with Crippen LogP contribution in [0.3, 0.4) is 0 Å². The molecule has 1 aromatic carbocycles. The molecule has 1 unspecified atom stereocenters. The van der Waals surface area contributed by atoms with E-state index in [1.165, 1.54) is 0 Å². The van der Waals surface area contributed by atoms with E-state index in [0.717, 1.165) is 11.3 Å². The Hall–Kier alpha value is -1.17. The normalized spacial score (nSPS) is 22.2. The van der Waals surface area contributed by atoms with Gasteiger partial charge in [0, 0.05) is 5.69 Å². The average molecular weight is 195 g/mol. The maximum Gasteiger partial charge on any atom is 1.00 e. The first-order valence-corrected chi connectivity index (χ1v) is 4.40. The maximum atomic E-state index is 10.9. The molecule has 0 spiro atoms. The molecule has 1 aromatic rings. The Kier molecular flexibility index (Phi) is 3.28. The topological polar surface area (TPSA) is 52.2 Å². The van der Waals surface area contributed by atoms with Crippen molar-refractivity contribution in [1.29, 1.82) is 0 Å². The summed E-state index contributed by atoms with van der Waals surface area (Å²) in [5.41, 5.74) is 0.710. The SMILES string of the molecule is CC1(C(=O)[O-])C=Cc2ccccc2N1.[Li+]. The number of carbonyl (C=O) groups is 1. The van der Waals surface area contributed by atoms with Crippen LogP contribution in [0.15, 0.2) is 30.3 Å². The summed E-state index contributed by atoms with van der Waals surface area (Å²) >= 11 is 0. The number of carbonyl (C=O) groups excluding carboxylic acids is 1. The Morgan fingerprint density at radius 1 is 1.40 bits per heavy atom. The minimum Gasteiger partial charge on any atom is -0.547 e. The Morgan fingerprint density at radius 3 is 2.73 bits per heavy atom. The molecule has 15 heavy (non-hydrogen) atoms. The number of rotatable bonds is 1. The van der Waals surface area contributed by atoms with Gasteiger partial charge in [-0.2, -0.15) is 0 Å². The molecule has 0 radical (unpaired) electrons. The van der Waals surface area contributed by atoms with Crippen molar-refractivity contribution < 1.29 is 28.8 Å². The fourth-order valence-electron chi connectivity index (χ4n) is 1.45. The molecule has 1 atom stereocenters. The van der Waals surface area contributed by atoms with Crippen molar-refractivity contribution in [2.45, 2.75) is 12.5 Å². The molecular weight excluding hydrogens is 185 g/mol. The maximum absolute atomic E-state index is 10.9. The van der Waals surface area contributed by atoms with Crippen molar-refractivity contribution in [1.82, 2.24) is 0 Å². The summed E-state index contributed by atoms with van der Waals surface area (Å²) in [5, 5.41) is 13.8. The third-order valence-electron chi connectivity index (χ3n) is 2.38. The van der Waals surface area contributed by atoms with E-state index in [-0.39, 0.29) is 18.9 Å². The minimum absolute atomic E-state index is 0. The van der Waals surface area contributed by atoms with Crippen LogP contribution in [-0.2, 0) is 4.79 Å². The van der Waals surface area contributed by atoms with Crippen molar-refractivity contribution in [3.8, 4) is 0 Å². The van der Waals surface area contributed by atoms with Gasteiger partial charge in [-0.1, -0.05) is 30.4 Å². The predicted octanol–water partition coefficient (Wildman–Crippen LogP) is -2.36. The van der Waals surface area contributed by atoms with E-state index in [1.807, 2.05) is 24.3 Å². The van der Waals surface area contributed by atoms with Gasteiger partial charge < -0.3 is 15.2 Å². The predicted molar refractivity (Wildman–Crippen MR) is 52.5 cm³/mol. The first-order chi connectivity index (χ1) is 6.62. The number of fused-ring (bicyclic) bond motifs is 1. The third-order valence-corrected chi connectivity index (χ3v) is 2.38. The van der Waals surface area contributed by atoms with Crippen molar-refractivity contribution in [2.75, 3.05) is 5.32 Å². The van der Waals surface area contributed by atoms with Crippen molar-refractivity contribution >= 4 is 17.7 Å². The van der Waals surface area contributed by atoms with Gasteiger partial charge in [-0.3, -0.25) is 0 Å². The second-order valence-electron chi connectivity index (χ2n) is 3.54. The molecule has 0 aromatic heterocycles. The van der Waals surface area contributed by atoms with E-state index in [9.17, 15) is 9.90 Å². The van der Waals surface area contributed by atoms with E-state index in [0.29, 0.717) is 0 Å². The van der Waals surface area contributed by atoms with Crippen LogP contribution in [0.4, 0.5) is 5.69 Å². The molecule has 3 nitrogen and oxygen atoms in total. The largest absolute Gasteiger partial charge is 1.00 e. The number of aliphatic carboxylic acids is 1. The molecule has 0 amide bonds. The van der Waals surface area contributed by atoms with E-state index in [2.05, 4.69) is 5.32 Å². The smallest absolute Gasteiger partial charge is 0.547 e. The Morgan fingerprint density at radius 2 is 2.07 bits per heavy atom. The molecule has 72 valence electrons. The van der Waals surface area contributed by atoms with Gasteiger partial charge in [0.15, 0.2) is 0 Å². The van der Waals surface area contributed by atoms with Crippen LogP contribution in [0.25, 0.3) is 6.08 Å². The molecule has 1 heterocycles. The second-order valence-corrected chi connectivity index (χ2v) is 3.54. The quantitative estimate of drug-likeness (QED) is 0.510. The zero-order valence-electron chi connectivity index (χ0n) is 8.78. The van der Waals surface area contributed by atoms with Crippen LogP contribution in [0.5, 0.6) is 0 Å². The summed E-state index contributed by atoms with van der Waals surface area (Å²) in [6.07, 6.45) is 3.40. The molecule has 0 saturated heterocycles. The first-order valence-electron chi connectivity index (χ1n) is 4.40. The van der Waals surface area contributed by atoms with Gasteiger partial charge in [0.2, 0.25) is 0 Å². The summed E-state index contributed by atoms with van der Waals surface area (Å²) in [5.74, 6) is -1.12. The van der Waals surface area contributed by atoms with E-state index in [1.54, 1.807) is 19.1 Å². The molecule has 0 fully saturated rings. The summed E-state index contributed by atoms with van der Waals surface area (Å²) in [6.45, 7) is 1.58. The average Bonchev–Trinajstić information content (AvgIpc) is 2.17. The molecule has 0 saturated carbocycles. The fourth-order valence-corrected chi connectivity index (χ4v) is 1.45. The molecule has 4 heteroatoms. The molecule has 1 aliphatic heterocycles. The van der Waals surface area contributed by atoms with Gasteiger partial charge in [0.1, 0.15) is 0 Å². The third kappa shape index (κ3) is 2.09. The molecule has 0 aliphatic carbocycles. The van der Waals surface area contributed by atoms with Crippen LogP contribution < -0.4 is 29.3 Å². The zero-order chi connectivity index (χ0) is 10.2. The van der Waals surface area contributed by atoms with E-state index >= 15 is 0 Å². The Balaban J connectivity index is 0.00000112. The van der Waals surface area contributed by atoms with Crippen LogP contribution in [0.1, 0.15) is 12.5 Å². The van der Waals surface area contributed by atoms with Gasteiger partial charge in [0.25, 0.3) is 0 Å². The van der Waals surface area contributed by atoms with Crippen molar-refractivity contribution in [2.24, 2.45) is 0 Å². The van der Waals surface area contributed by atoms with Crippen LogP contribution in [0, 0.1) is 0 Å². The molecule has 1 N–H and O–H groups in total. The molecular formula is C11H10LiNO2. The van der Waals surface area contributed by atoms with Gasteiger partial charge in [-0.15, -0.1) is 0 Å². The summed E-state index contributed by atoms with van der Waals surface area (Å²) in [4.78, 5) is 10.9. The number of nitrogens with one attached hydrogen (secondary N) is 1. The van der Waals surface area contributed by atoms with Crippen molar-refractivity contribution in [3.63, 3.8) is 0 Å². The second kappa shape index (κ2) is 4.14. The molecule has 2 rings (SSSR count). The summed E-state index contributed by atoms with van der Waals surface area (Å²) < 4.78 is 0. The monoisotopic (exact) mass is 195 g/mol. The van der Waals surface area contributed by atoms with Gasteiger partial charge in [-0.25, -0.2) is 0 Å². The summed E-state index contributed by atoms with van der Waals surface area (Å²) in [6, 6.07) is 7.54.